The Hall–Kier alpha value is -3.51. The maximum atomic E-state index is 12.9. The first-order chi connectivity index (χ1) is 25.7. The van der Waals surface area contributed by atoms with Crippen molar-refractivity contribution in [1.82, 2.24) is 9.80 Å². The molecule has 6 rings (SSSR count). The van der Waals surface area contributed by atoms with Crippen molar-refractivity contribution >= 4 is 6.09 Å². The third-order valence-corrected chi connectivity index (χ3v) is 10.0. The van der Waals surface area contributed by atoms with Crippen molar-refractivity contribution in [2.75, 3.05) is 39.4 Å². The third kappa shape index (κ3) is 10.2. The van der Waals surface area contributed by atoms with Gasteiger partial charge in [-0.3, -0.25) is 4.90 Å². The highest BCUT2D eigenvalue weighted by molar-refractivity contribution is 5.67. The molecule has 3 heterocycles. The van der Waals surface area contributed by atoms with Crippen molar-refractivity contribution in [2.45, 2.75) is 86.9 Å². The van der Waals surface area contributed by atoms with E-state index in [0.717, 1.165) is 5.56 Å². The van der Waals surface area contributed by atoms with Gasteiger partial charge < -0.3 is 59.2 Å². The Labute approximate surface area is 308 Å². The van der Waals surface area contributed by atoms with E-state index in [9.17, 15) is 35.4 Å². The zero-order valence-electron chi connectivity index (χ0n) is 29.4. The molecule has 3 fully saturated rings. The van der Waals surface area contributed by atoms with Crippen molar-refractivity contribution in [3.8, 4) is 0 Å². The molecule has 1 amide bonds. The van der Waals surface area contributed by atoms with Crippen LogP contribution in [0.5, 0.6) is 0 Å². The second-order valence-corrected chi connectivity index (χ2v) is 13.8. The smallest absolute Gasteiger partial charge is 0.410 e. The second kappa shape index (κ2) is 18.7. The Kier molecular flexibility index (Phi) is 13.8. The Balaban J connectivity index is 1.12. The van der Waals surface area contributed by atoms with Crippen LogP contribution in [-0.4, -0.2) is 141 Å². The molecule has 10 atom stereocenters. The van der Waals surface area contributed by atoms with Crippen LogP contribution in [0.2, 0.25) is 0 Å². The summed E-state index contributed by atoms with van der Waals surface area (Å²) < 4.78 is 28.7. The topological polar surface area (TPSA) is 191 Å². The van der Waals surface area contributed by atoms with Crippen LogP contribution in [0.4, 0.5) is 4.79 Å². The van der Waals surface area contributed by atoms with Crippen LogP contribution < -0.4 is 0 Å². The zero-order chi connectivity index (χ0) is 37.3. The summed E-state index contributed by atoms with van der Waals surface area (Å²) in [4.78, 5) is 16.2. The van der Waals surface area contributed by atoms with E-state index >= 15 is 0 Å². The fourth-order valence-corrected chi connectivity index (χ4v) is 7.02. The highest BCUT2D eigenvalue weighted by Gasteiger charge is 2.43. The Morgan fingerprint density at radius 2 is 1.13 bits per heavy atom. The minimum atomic E-state index is -1.55. The molecule has 3 aromatic carbocycles. The predicted molar refractivity (Wildman–Crippen MR) is 189 cm³/mol. The van der Waals surface area contributed by atoms with E-state index in [4.69, 9.17) is 23.7 Å². The Morgan fingerprint density at radius 3 is 1.58 bits per heavy atom. The molecule has 2 unspecified atom stereocenters. The van der Waals surface area contributed by atoms with Crippen LogP contribution >= 0.6 is 0 Å². The van der Waals surface area contributed by atoms with E-state index in [0.29, 0.717) is 37.1 Å². The molecular weight excluding hydrogens is 688 g/mol. The molecule has 3 aliphatic rings. The van der Waals surface area contributed by atoms with E-state index in [1.54, 1.807) is 34.1 Å². The number of ether oxygens (including phenoxy) is 5. The number of benzene rings is 3. The summed E-state index contributed by atoms with van der Waals surface area (Å²) in [5.41, 5.74) is 2.24. The molecule has 6 N–H and O–H groups in total. The minimum absolute atomic E-state index is 0.126. The molecule has 0 aliphatic carbocycles. The van der Waals surface area contributed by atoms with Crippen LogP contribution in [0.1, 0.15) is 42.1 Å². The summed E-state index contributed by atoms with van der Waals surface area (Å²) in [6, 6.07) is 27.2. The number of hydrogen-bond acceptors (Lipinski definition) is 13. The summed E-state index contributed by atoms with van der Waals surface area (Å²) in [5.74, 6) is 0. The maximum Gasteiger partial charge on any atom is 0.410 e. The van der Waals surface area contributed by atoms with Crippen molar-refractivity contribution < 1.29 is 59.1 Å². The molecule has 53 heavy (non-hydrogen) atoms. The highest BCUT2D eigenvalue weighted by Crippen LogP contribution is 2.31. The van der Waals surface area contributed by atoms with Gasteiger partial charge in [-0.05, 0) is 18.4 Å². The normalized spacial score (nSPS) is 27.9. The summed E-state index contributed by atoms with van der Waals surface area (Å²) in [5, 5.41) is 67.0. The van der Waals surface area contributed by atoms with E-state index in [2.05, 4.69) is 0 Å². The quantitative estimate of drug-likeness (QED) is 0.148. The minimum Gasteiger partial charge on any atom is -0.445 e. The number of aliphatic hydroxyl groups is 6. The van der Waals surface area contributed by atoms with Gasteiger partial charge in [0.1, 0.15) is 43.2 Å². The van der Waals surface area contributed by atoms with Gasteiger partial charge in [0.15, 0.2) is 12.6 Å². The monoisotopic (exact) mass is 738 g/mol. The number of rotatable bonds is 13. The van der Waals surface area contributed by atoms with Crippen molar-refractivity contribution in [1.29, 1.82) is 0 Å². The molecule has 0 aromatic heterocycles. The van der Waals surface area contributed by atoms with Crippen LogP contribution in [-0.2, 0) is 30.3 Å². The van der Waals surface area contributed by atoms with E-state index in [-0.39, 0.29) is 39.0 Å². The van der Waals surface area contributed by atoms with Gasteiger partial charge in [0.05, 0.1) is 25.4 Å². The summed E-state index contributed by atoms with van der Waals surface area (Å²) in [7, 11) is 0. The molecule has 0 bridgehead atoms. The molecule has 3 aromatic rings. The van der Waals surface area contributed by atoms with Crippen LogP contribution in [0.15, 0.2) is 91.0 Å². The lowest BCUT2D eigenvalue weighted by atomic mass is 9.96. The van der Waals surface area contributed by atoms with Crippen LogP contribution in [0, 0.1) is 0 Å². The average Bonchev–Trinajstić information content (AvgIpc) is 3.20. The lowest BCUT2D eigenvalue weighted by Crippen LogP contribution is -2.58. The maximum absolute atomic E-state index is 12.9. The van der Waals surface area contributed by atoms with Gasteiger partial charge in [0.25, 0.3) is 0 Å². The SMILES string of the molecule is O=C(OCc1ccccc1)N1CCC(N(C[C@H](O)[C@@H](O)[C@@H]2OC(c3ccccc3)OC[C@H]2O)C[C@H](O)[C@@H](O)[C@@H]2OC(c3ccccc3)OC[C@H]2O)CC1. The summed E-state index contributed by atoms with van der Waals surface area (Å²) in [6.45, 7) is 0.178. The van der Waals surface area contributed by atoms with Crippen LogP contribution in [0.25, 0.3) is 0 Å². The molecule has 14 nitrogen and oxygen atoms in total. The largest absolute Gasteiger partial charge is 0.445 e. The van der Waals surface area contributed by atoms with Gasteiger partial charge in [-0.2, -0.15) is 0 Å². The Morgan fingerprint density at radius 1 is 0.698 bits per heavy atom. The number of hydrogen-bond donors (Lipinski definition) is 6. The first-order valence-corrected chi connectivity index (χ1v) is 18.1. The van der Waals surface area contributed by atoms with Gasteiger partial charge >= 0.3 is 6.09 Å². The number of likely N-dealkylation sites (tertiary alicyclic amines) is 1. The van der Waals surface area contributed by atoms with Crippen LogP contribution in [0.3, 0.4) is 0 Å². The molecule has 3 aliphatic heterocycles. The summed E-state index contributed by atoms with van der Waals surface area (Å²) >= 11 is 0. The standard InChI is InChI=1S/C39H50N2O12/c42-29(33(46)35-31(44)23-49-37(52-35)26-12-6-2-7-13-26)20-41(28-16-18-40(19-17-28)39(48)51-22-25-10-4-1-5-11-25)21-30(43)34(47)36-32(45)24-50-38(53-36)27-14-8-3-9-15-27/h1-15,28-38,42-47H,16-24H2/t29-,30-,31+,32+,33+,34+,35+,36+,37?,38?/m0/s1. The molecule has 288 valence electrons. The fraction of sp³-hybridized carbons (Fsp3) is 0.513. The van der Waals surface area contributed by atoms with E-state index in [1.165, 1.54) is 0 Å². The van der Waals surface area contributed by atoms with E-state index in [1.807, 2.05) is 66.7 Å². The second-order valence-electron chi connectivity index (χ2n) is 13.8. The van der Waals surface area contributed by atoms with Gasteiger partial charge in [0, 0.05) is 43.3 Å². The molecule has 0 spiro atoms. The van der Waals surface area contributed by atoms with Gasteiger partial charge in [-0.1, -0.05) is 91.0 Å². The lowest BCUT2D eigenvalue weighted by Gasteiger charge is -2.43. The number of aliphatic hydroxyl groups excluding tert-OH is 6. The fourth-order valence-electron chi connectivity index (χ4n) is 7.02. The number of amides is 1. The number of piperidine rings is 1. The third-order valence-electron chi connectivity index (χ3n) is 10.0. The number of carbonyl (C=O) groups excluding carboxylic acids is 1. The lowest BCUT2D eigenvalue weighted by molar-refractivity contribution is -0.285. The molecule has 0 radical (unpaired) electrons. The first-order valence-electron chi connectivity index (χ1n) is 18.1. The van der Waals surface area contributed by atoms with Crippen molar-refractivity contribution in [2.24, 2.45) is 0 Å². The number of nitrogens with zero attached hydrogens (tertiary/aromatic N) is 2. The van der Waals surface area contributed by atoms with Gasteiger partial charge in [-0.25, -0.2) is 4.79 Å². The predicted octanol–water partition coefficient (Wildman–Crippen LogP) is 1.48. The first kappa shape index (κ1) is 39.2. The van der Waals surface area contributed by atoms with Crippen molar-refractivity contribution in [3.63, 3.8) is 0 Å². The zero-order valence-corrected chi connectivity index (χ0v) is 29.4. The Bertz CT molecular complexity index is 1460. The molecule has 14 heteroatoms. The van der Waals surface area contributed by atoms with Gasteiger partial charge in [-0.15, -0.1) is 0 Å². The van der Waals surface area contributed by atoms with E-state index < -0.39 is 67.5 Å². The van der Waals surface area contributed by atoms with Crippen molar-refractivity contribution in [3.05, 3.63) is 108 Å². The van der Waals surface area contributed by atoms with Gasteiger partial charge in [0.2, 0.25) is 0 Å². The average molecular weight is 739 g/mol. The summed E-state index contributed by atoms with van der Waals surface area (Å²) in [6.07, 6.45) is -12.2. The molecule has 0 saturated carbocycles. The number of carbonyl (C=O) groups is 1. The molecule has 3 saturated heterocycles. The highest BCUT2D eigenvalue weighted by atomic mass is 16.7. The molecular formula is C39H50N2O12.